The summed E-state index contributed by atoms with van der Waals surface area (Å²) < 4.78 is 6.74. The lowest BCUT2D eigenvalue weighted by Crippen LogP contribution is -2.33. The van der Waals surface area contributed by atoms with Crippen LogP contribution in [0, 0.1) is 17.0 Å². The van der Waals surface area contributed by atoms with Crippen LogP contribution in [0.2, 0.25) is 0 Å². The van der Waals surface area contributed by atoms with Gasteiger partial charge in [-0.2, -0.15) is 0 Å². The van der Waals surface area contributed by atoms with Crippen LogP contribution in [0.3, 0.4) is 0 Å². The highest BCUT2D eigenvalue weighted by Gasteiger charge is 2.23. The SMILES string of the molecule is C=CCn1c(SCC(=O)Nc2cc([N+](=O)[O-])ccc2C)nnc1[C@@H](CO)NC(=O)c1ccc(OC)cc1. The van der Waals surface area contributed by atoms with E-state index >= 15 is 0 Å². The average Bonchev–Trinajstić information content (AvgIpc) is 3.29. The van der Waals surface area contributed by atoms with Crippen LogP contribution in [-0.4, -0.2) is 56.1 Å². The highest BCUT2D eigenvalue weighted by Crippen LogP contribution is 2.24. The molecule has 2 amide bonds. The van der Waals surface area contributed by atoms with Crippen molar-refractivity contribution in [2.75, 3.05) is 24.8 Å². The lowest BCUT2D eigenvalue weighted by molar-refractivity contribution is -0.384. The van der Waals surface area contributed by atoms with Crippen molar-refractivity contribution in [3.63, 3.8) is 0 Å². The zero-order chi connectivity index (χ0) is 26.9. The van der Waals surface area contributed by atoms with Gasteiger partial charge in [-0.1, -0.05) is 23.9 Å². The van der Waals surface area contributed by atoms with Crippen molar-refractivity contribution in [3.8, 4) is 5.75 Å². The van der Waals surface area contributed by atoms with E-state index in [1.165, 1.54) is 19.2 Å². The standard InChI is InChI=1S/C24H26N6O6S/c1-4-11-29-22(20(13-31)26-23(33)16-6-9-18(36-3)10-7-16)27-28-24(29)37-14-21(32)25-19-12-17(30(34)35)8-5-15(19)2/h4-10,12,20,31H,1,11,13-14H2,2-3H3,(H,25,32)(H,26,33)/t20-/m1/s1. The number of aromatic nitrogens is 3. The van der Waals surface area contributed by atoms with Crippen LogP contribution in [0.15, 0.2) is 60.3 Å². The molecule has 1 heterocycles. The zero-order valence-electron chi connectivity index (χ0n) is 20.2. The number of anilines is 1. The summed E-state index contributed by atoms with van der Waals surface area (Å²) in [5, 5.41) is 35.0. The first kappa shape index (κ1) is 27.4. The van der Waals surface area contributed by atoms with Crippen LogP contribution in [0.4, 0.5) is 11.4 Å². The summed E-state index contributed by atoms with van der Waals surface area (Å²) in [7, 11) is 1.53. The Balaban J connectivity index is 1.71. The van der Waals surface area contributed by atoms with E-state index < -0.39 is 29.4 Å². The van der Waals surface area contributed by atoms with Gasteiger partial charge in [0.2, 0.25) is 5.91 Å². The molecule has 0 saturated carbocycles. The van der Waals surface area contributed by atoms with Crippen molar-refractivity contribution in [2.45, 2.75) is 24.7 Å². The number of hydrogen-bond acceptors (Lipinski definition) is 9. The average molecular weight is 527 g/mol. The Kier molecular flexibility index (Phi) is 9.35. The number of nitro benzene ring substituents is 1. The quantitative estimate of drug-likeness (QED) is 0.139. The molecule has 3 aromatic rings. The lowest BCUT2D eigenvalue weighted by Gasteiger charge is -2.17. The van der Waals surface area contributed by atoms with Crippen molar-refractivity contribution >= 4 is 35.0 Å². The number of allylic oxidation sites excluding steroid dienone is 1. The van der Waals surface area contributed by atoms with Gasteiger partial charge in [0, 0.05) is 24.2 Å². The van der Waals surface area contributed by atoms with E-state index in [4.69, 9.17) is 4.74 Å². The van der Waals surface area contributed by atoms with E-state index in [0.29, 0.717) is 33.5 Å². The summed E-state index contributed by atoms with van der Waals surface area (Å²) >= 11 is 1.09. The van der Waals surface area contributed by atoms with Gasteiger partial charge in [-0.3, -0.25) is 19.7 Å². The fourth-order valence-corrected chi connectivity index (χ4v) is 4.07. The summed E-state index contributed by atoms with van der Waals surface area (Å²) in [5.41, 5.74) is 1.27. The Labute approximate surface area is 216 Å². The molecule has 2 aromatic carbocycles. The van der Waals surface area contributed by atoms with Gasteiger partial charge in [0.05, 0.1) is 30.1 Å². The van der Waals surface area contributed by atoms with Gasteiger partial charge in [-0.05, 0) is 36.8 Å². The molecule has 1 atom stereocenters. The van der Waals surface area contributed by atoms with Gasteiger partial charge in [-0.15, -0.1) is 16.8 Å². The number of carbonyl (C=O) groups is 2. The maximum Gasteiger partial charge on any atom is 0.271 e. The molecule has 0 aliphatic rings. The summed E-state index contributed by atoms with van der Waals surface area (Å²) in [5.74, 6) is 0.0268. The number of nitro groups is 1. The van der Waals surface area contributed by atoms with Crippen molar-refractivity contribution in [3.05, 3.63) is 82.2 Å². The molecule has 0 bridgehead atoms. The van der Waals surface area contributed by atoms with E-state index in [9.17, 15) is 24.8 Å². The molecule has 0 spiro atoms. The van der Waals surface area contributed by atoms with E-state index in [-0.39, 0.29) is 18.0 Å². The molecule has 37 heavy (non-hydrogen) atoms. The maximum atomic E-state index is 12.7. The number of hydrogen-bond donors (Lipinski definition) is 3. The minimum absolute atomic E-state index is 0.0561. The number of benzene rings is 2. The molecule has 3 rings (SSSR count). The topological polar surface area (TPSA) is 162 Å². The molecule has 0 fully saturated rings. The number of ether oxygens (including phenoxy) is 1. The van der Waals surface area contributed by atoms with Crippen LogP contribution in [0.25, 0.3) is 0 Å². The predicted molar refractivity (Wildman–Crippen MR) is 138 cm³/mol. The molecule has 13 heteroatoms. The highest BCUT2D eigenvalue weighted by molar-refractivity contribution is 7.99. The fourth-order valence-electron chi connectivity index (χ4n) is 3.32. The van der Waals surface area contributed by atoms with E-state index in [1.807, 2.05) is 0 Å². The monoisotopic (exact) mass is 526 g/mol. The lowest BCUT2D eigenvalue weighted by atomic mass is 10.2. The fraction of sp³-hybridized carbons (Fsp3) is 0.250. The first-order chi connectivity index (χ1) is 17.8. The molecule has 0 aliphatic heterocycles. The smallest absolute Gasteiger partial charge is 0.271 e. The number of non-ortho nitro benzene ring substituents is 1. The summed E-state index contributed by atoms with van der Waals surface area (Å²) in [6.07, 6.45) is 1.60. The Morgan fingerprint density at radius 1 is 1.27 bits per heavy atom. The van der Waals surface area contributed by atoms with Crippen molar-refractivity contribution in [2.24, 2.45) is 0 Å². The number of amides is 2. The number of rotatable bonds is 12. The molecule has 0 radical (unpaired) electrons. The predicted octanol–water partition coefficient (Wildman–Crippen LogP) is 2.88. The normalized spacial score (nSPS) is 11.4. The van der Waals surface area contributed by atoms with Crippen LogP contribution >= 0.6 is 11.8 Å². The van der Waals surface area contributed by atoms with Crippen LogP contribution in [-0.2, 0) is 11.3 Å². The van der Waals surface area contributed by atoms with Crippen molar-refractivity contribution in [1.29, 1.82) is 0 Å². The van der Waals surface area contributed by atoms with Gasteiger partial charge in [0.1, 0.15) is 11.8 Å². The second-order valence-corrected chi connectivity index (χ2v) is 8.71. The molecular formula is C24H26N6O6S. The number of nitrogens with zero attached hydrogens (tertiary/aromatic N) is 4. The van der Waals surface area contributed by atoms with E-state index in [2.05, 4.69) is 27.4 Å². The number of carbonyl (C=O) groups excluding carboxylic acids is 2. The number of methoxy groups -OCH3 is 1. The van der Waals surface area contributed by atoms with Crippen LogP contribution in [0.5, 0.6) is 5.75 Å². The first-order valence-corrected chi connectivity index (χ1v) is 12.0. The van der Waals surface area contributed by atoms with E-state index in [1.54, 1.807) is 47.9 Å². The minimum Gasteiger partial charge on any atom is -0.497 e. The molecule has 3 N–H and O–H groups in total. The number of aliphatic hydroxyl groups is 1. The third kappa shape index (κ3) is 6.92. The third-order valence-corrected chi connectivity index (χ3v) is 6.21. The largest absolute Gasteiger partial charge is 0.497 e. The molecule has 1 aromatic heterocycles. The van der Waals surface area contributed by atoms with Crippen LogP contribution in [0.1, 0.15) is 27.8 Å². The molecule has 0 aliphatic carbocycles. The summed E-state index contributed by atoms with van der Waals surface area (Å²) in [6.45, 7) is 5.29. The molecule has 12 nitrogen and oxygen atoms in total. The van der Waals surface area contributed by atoms with Gasteiger partial charge in [0.25, 0.3) is 11.6 Å². The Hall–Kier alpha value is -4.23. The number of aryl methyl sites for hydroxylation is 1. The number of aliphatic hydroxyl groups excluding tert-OH is 1. The Bertz CT molecular complexity index is 1290. The van der Waals surface area contributed by atoms with Gasteiger partial charge >= 0.3 is 0 Å². The van der Waals surface area contributed by atoms with Crippen LogP contribution < -0.4 is 15.4 Å². The van der Waals surface area contributed by atoms with Crippen molar-refractivity contribution < 1.29 is 24.4 Å². The van der Waals surface area contributed by atoms with Gasteiger partial charge in [-0.25, -0.2) is 0 Å². The number of nitrogens with one attached hydrogen (secondary N) is 2. The second-order valence-electron chi connectivity index (χ2n) is 7.77. The molecule has 0 saturated heterocycles. The molecule has 0 unspecified atom stereocenters. The zero-order valence-corrected chi connectivity index (χ0v) is 21.0. The van der Waals surface area contributed by atoms with Gasteiger partial charge in [0.15, 0.2) is 11.0 Å². The number of thioether (sulfide) groups is 1. The first-order valence-electron chi connectivity index (χ1n) is 11.0. The highest BCUT2D eigenvalue weighted by atomic mass is 32.2. The van der Waals surface area contributed by atoms with Gasteiger partial charge < -0.3 is 25.0 Å². The second kappa shape index (κ2) is 12.6. The van der Waals surface area contributed by atoms with Crippen molar-refractivity contribution in [1.82, 2.24) is 20.1 Å². The molecule has 194 valence electrons. The Morgan fingerprint density at radius 2 is 2.00 bits per heavy atom. The maximum absolute atomic E-state index is 12.7. The summed E-state index contributed by atoms with van der Waals surface area (Å²) in [6, 6.07) is 9.86. The third-order valence-electron chi connectivity index (χ3n) is 5.25. The summed E-state index contributed by atoms with van der Waals surface area (Å²) in [4.78, 5) is 35.7. The van der Waals surface area contributed by atoms with E-state index in [0.717, 1.165) is 11.8 Å². The minimum atomic E-state index is -0.863. The Morgan fingerprint density at radius 3 is 2.62 bits per heavy atom. The molecular weight excluding hydrogens is 500 g/mol.